The van der Waals surface area contributed by atoms with E-state index in [4.69, 9.17) is 0 Å². The summed E-state index contributed by atoms with van der Waals surface area (Å²) in [6, 6.07) is 7.93. The Morgan fingerprint density at radius 3 is 3.17 bits per heavy atom. The highest BCUT2D eigenvalue weighted by atomic mass is 32.2. The fourth-order valence-corrected chi connectivity index (χ4v) is 1.79. The second-order valence-corrected chi connectivity index (χ2v) is 3.17. The van der Waals surface area contributed by atoms with E-state index < -0.39 is 0 Å². The van der Waals surface area contributed by atoms with E-state index in [0.717, 1.165) is 10.6 Å². The van der Waals surface area contributed by atoms with Crippen LogP contribution in [0.1, 0.15) is 0 Å². The van der Waals surface area contributed by atoms with Crippen LogP contribution in [0.4, 0.5) is 5.69 Å². The topological polar surface area (TPSA) is 27.6 Å². The first kappa shape index (κ1) is 7.76. The molecule has 1 N–H and O–H groups in total. The highest BCUT2D eigenvalue weighted by Crippen LogP contribution is 2.33. The molecule has 5 heteroatoms. The van der Waals surface area contributed by atoms with Gasteiger partial charge >= 0.3 is 0 Å². The number of hydrazine groups is 1. The molecule has 3 nitrogen and oxygen atoms in total. The highest BCUT2D eigenvalue weighted by Gasteiger charge is 2.17. The number of fused-ring (bicyclic) bond motifs is 1. The second kappa shape index (κ2) is 3.25. The molecule has 1 aliphatic heterocycles. The molecule has 1 aromatic carbocycles. The molecule has 1 heterocycles. The van der Waals surface area contributed by atoms with E-state index in [1.54, 1.807) is 5.12 Å². The van der Waals surface area contributed by atoms with Gasteiger partial charge in [0.2, 0.25) is 0 Å². The Hall–Kier alpha value is -0.870. The lowest BCUT2D eigenvalue weighted by Gasteiger charge is -2.07. The van der Waals surface area contributed by atoms with Gasteiger partial charge < -0.3 is 0 Å². The van der Waals surface area contributed by atoms with Crippen molar-refractivity contribution < 1.29 is 0 Å². The maximum atomic E-state index is 4.51. The van der Waals surface area contributed by atoms with E-state index in [1.807, 2.05) is 24.3 Å². The van der Waals surface area contributed by atoms with E-state index >= 15 is 0 Å². The first-order valence-electron chi connectivity index (χ1n) is 3.31. The molecule has 0 amide bonds. The number of hydrogen-bond donors (Lipinski definition) is 1. The molecule has 1 aromatic rings. The largest absolute Gasteiger partial charge is 0.176 e. The third kappa shape index (κ3) is 1.23. The van der Waals surface area contributed by atoms with Crippen LogP contribution in [0.25, 0.3) is 0 Å². The third-order valence-electron chi connectivity index (χ3n) is 1.48. The van der Waals surface area contributed by atoms with E-state index in [2.05, 4.69) is 27.3 Å². The van der Waals surface area contributed by atoms with Gasteiger partial charge in [0.1, 0.15) is 0 Å². The van der Waals surface area contributed by atoms with Crippen LogP contribution in [-0.4, -0.2) is 5.16 Å². The molecule has 0 atom stereocenters. The Balaban J connectivity index is 2.42. The lowest BCUT2D eigenvalue weighted by molar-refractivity contribution is 0.878. The number of thiocarbonyl (C=S) groups is 1. The van der Waals surface area contributed by atoms with Crippen molar-refractivity contribution in [3.8, 4) is 0 Å². The van der Waals surface area contributed by atoms with E-state index in [0.29, 0.717) is 0 Å². The maximum Gasteiger partial charge on any atom is 0.0945 e. The van der Waals surface area contributed by atoms with Crippen LogP contribution in [0.2, 0.25) is 0 Å². The fourth-order valence-electron chi connectivity index (χ4n) is 0.975. The number of anilines is 1. The standard InChI is InChI=1S/C7H5N3S2/c11-5-8-10-6-3-1-2-4-7(6)12-9-10/h1-4,9H. The molecule has 0 saturated heterocycles. The number of nitrogens with one attached hydrogen (secondary N) is 1. The SMILES string of the molecule is S=C=NN1NSc2ccccc21. The molecule has 0 spiro atoms. The summed E-state index contributed by atoms with van der Waals surface area (Å²) in [5.41, 5.74) is 1.01. The number of hydrogen-bond acceptors (Lipinski definition) is 5. The summed E-state index contributed by atoms with van der Waals surface area (Å²) in [5, 5.41) is 7.74. The van der Waals surface area contributed by atoms with Crippen molar-refractivity contribution in [3.05, 3.63) is 24.3 Å². The van der Waals surface area contributed by atoms with Crippen molar-refractivity contribution >= 4 is 35.0 Å². The van der Waals surface area contributed by atoms with Crippen molar-refractivity contribution in [3.63, 3.8) is 0 Å². The summed E-state index contributed by atoms with van der Waals surface area (Å²) >= 11 is 6.02. The van der Waals surface area contributed by atoms with Gasteiger partial charge in [0.05, 0.1) is 15.7 Å². The second-order valence-electron chi connectivity index (χ2n) is 2.16. The van der Waals surface area contributed by atoms with Crippen molar-refractivity contribution in [2.24, 2.45) is 5.10 Å². The molecule has 0 bridgehead atoms. The molecular formula is C7H5N3S2. The number of rotatable bonds is 1. The maximum absolute atomic E-state index is 4.51. The molecule has 0 aromatic heterocycles. The van der Waals surface area contributed by atoms with Gasteiger partial charge in [-0.25, -0.2) is 0 Å². The zero-order valence-corrected chi connectivity index (χ0v) is 7.65. The Labute approximate surface area is 79.6 Å². The number of benzene rings is 1. The van der Waals surface area contributed by atoms with Gasteiger partial charge in [0.15, 0.2) is 0 Å². The Kier molecular flexibility index (Phi) is 2.10. The molecule has 0 aliphatic carbocycles. The van der Waals surface area contributed by atoms with E-state index in [-0.39, 0.29) is 0 Å². The van der Waals surface area contributed by atoms with Crippen LogP contribution < -0.4 is 9.95 Å². The highest BCUT2D eigenvalue weighted by molar-refractivity contribution is 7.98. The van der Waals surface area contributed by atoms with Crippen molar-refractivity contribution in [2.45, 2.75) is 4.90 Å². The average Bonchev–Trinajstić information content (AvgIpc) is 2.50. The summed E-state index contributed by atoms with van der Waals surface area (Å²) in [4.78, 5) is 4.12. The monoisotopic (exact) mass is 195 g/mol. The summed E-state index contributed by atoms with van der Waals surface area (Å²) in [5.74, 6) is 0. The van der Waals surface area contributed by atoms with Gasteiger partial charge in [-0.2, -0.15) is 9.95 Å². The lowest BCUT2D eigenvalue weighted by atomic mass is 10.3. The molecular weight excluding hydrogens is 190 g/mol. The zero-order valence-electron chi connectivity index (χ0n) is 6.02. The van der Waals surface area contributed by atoms with E-state index in [1.165, 1.54) is 11.9 Å². The number of hydrazone groups is 1. The van der Waals surface area contributed by atoms with Crippen molar-refractivity contribution in [1.82, 2.24) is 4.83 Å². The average molecular weight is 195 g/mol. The summed E-state index contributed by atoms with van der Waals surface area (Å²) in [6.07, 6.45) is 0. The summed E-state index contributed by atoms with van der Waals surface area (Å²) < 4.78 is 0. The normalized spacial score (nSPS) is 13.8. The summed E-state index contributed by atoms with van der Waals surface area (Å²) in [7, 11) is 0. The van der Waals surface area contributed by atoms with Crippen LogP contribution in [0.3, 0.4) is 0 Å². The lowest BCUT2D eigenvalue weighted by Crippen LogP contribution is -2.21. The first-order chi connectivity index (χ1) is 5.92. The molecule has 0 unspecified atom stereocenters. The van der Waals surface area contributed by atoms with Crippen LogP contribution in [-0.2, 0) is 0 Å². The Bertz CT molecular complexity index is 346. The first-order valence-corrected chi connectivity index (χ1v) is 4.54. The smallest absolute Gasteiger partial charge is 0.0945 e. The predicted octanol–water partition coefficient (Wildman–Crippen LogP) is 2.04. The van der Waals surface area contributed by atoms with Gasteiger partial charge in [0.25, 0.3) is 0 Å². The summed E-state index contributed by atoms with van der Waals surface area (Å²) in [6.45, 7) is 0. The number of nitrogens with zero attached hydrogens (tertiary/aromatic N) is 2. The molecule has 0 radical (unpaired) electrons. The fraction of sp³-hybridized carbons (Fsp3) is 0. The molecule has 0 fully saturated rings. The van der Waals surface area contributed by atoms with Gasteiger partial charge in [0, 0.05) is 0 Å². The molecule has 60 valence electrons. The van der Waals surface area contributed by atoms with Crippen LogP contribution in [0, 0.1) is 0 Å². The molecule has 2 rings (SSSR count). The number of isothiocyanates is 1. The van der Waals surface area contributed by atoms with Gasteiger partial charge in [-0.15, -0.1) is 0 Å². The minimum atomic E-state index is 1.01. The zero-order chi connectivity index (χ0) is 8.39. The number of para-hydroxylation sites is 1. The Morgan fingerprint density at radius 1 is 1.50 bits per heavy atom. The van der Waals surface area contributed by atoms with Crippen molar-refractivity contribution in [2.75, 3.05) is 5.12 Å². The Morgan fingerprint density at radius 2 is 2.33 bits per heavy atom. The molecule has 1 aliphatic rings. The third-order valence-corrected chi connectivity index (χ3v) is 2.39. The quantitative estimate of drug-likeness (QED) is 0.421. The molecule has 0 saturated carbocycles. The van der Waals surface area contributed by atoms with Crippen LogP contribution in [0.15, 0.2) is 34.3 Å². The minimum absolute atomic E-state index is 1.01. The predicted molar refractivity (Wildman–Crippen MR) is 52.9 cm³/mol. The van der Waals surface area contributed by atoms with Crippen LogP contribution in [0.5, 0.6) is 0 Å². The van der Waals surface area contributed by atoms with Gasteiger partial charge in [-0.1, -0.05) is 17.2 Å². The minimum Gasteiger partial charge on any atom is -0.176 e. The van der Waals surface area contributed by atoms with Gasteiger partial charge in [-0.3, -0.25) is 0 Å². The molecule has 12 heavy (non-hydrogen) atoms. The van der Waals surface area contributed by atoms with E-state index in [9.17, 15) is 0 Å². The van der Waals surface area contributed by atoms with Crippen molar-refractivity contribution in [1.29, 1.82) is 0 Å². The van der Waals surface area contributed by atoms with Gasteiger partial charge in [-0.05, 0) is 36.3 Å². The van der Waals surface area contributed by atoms with Crippen LogP contribution >= 0.6 is 24.2 Å².